The van der Waals surface area contributed by atoms with Gasteiger partial charge in [-0.05, 0) is 30.3 Å². The van der Waals surface area contributed by atoms with E-state index in [-0.39, 0.29) is 25.8 Å². The zero-order valence-corrected chi connectivity index (χ0v) is 14.7. The number of anilines is 1. The molecule has 0 bridgehead atoms. The molecule has 1 amide bonds. The molecule has 0 saturated carbocycles. The van der Waals surface area contributed by atoms with Crippen molar-refractivity contribution in [3.63, 3.8) is 0 Å². The highest BCUT2D eigenvalue weighted by Gasteiger charge is 2.17. The third kappa shape index (κ3) is 3.63. The molecule has 0 fully saturated rings. The first-order chi connectivity index (χ1) is 13.6. The van der Waals surface area contributed by atoms with E-state index in [1.165, 1.54) is 0 Å². The van der Waals surface area contributed by atoms with Crippen LogP contribution >= 0.6 is 0 Å². The van der Waals surface area contributed by atoms with Gasteiger partial charge in [-0.25, -0.2) is 9.97 Å². The average molecular weight is 380 g/mol. The fraction of sp³-hybridized carbons (Fsp3) is 0.158. The van der Waals surface area contributed by atoms with Gasteiger partial charge in [0.2, 0.25) is 6.79 Å². The van der Waals surface area contributed by atoms with Gasteiger partial charge < -0.3 is 25.3 Å². The molecular formula is C19H16N4O5. The van der Waals surface area contributed by atoms with Crippen LogP contribution in [0.15, 0.2) is 42.5 Å². The summed E-state index contributed by atoms with van der Waals surface area (Å²) in [7, 11) is 0. The maximum Gasteiger partial charge on any atom is 0.325 e. The van der Waals surface area contributed by atoms with Crippen LogP contribution in [0.4, 0.5) is 5.82 Å². The lowest BCUT2D eigenvalue weighted by molar-refractivity contribution is -0.143. The molecule has 142 valence electrons. The molecule has 0 spiro atoms. The molecule has 0 saturated heterocycles. The molecule has 3 N–H and O–H groups in total. The standard InChI is InChI=1S/C19H16N4O5/c20-18-12-3-1-2-4-13(12)22-16(23-18)9-26-17(24)8-21-19(25)11-5-6-14-15(7-11)28-10-27-14/h1-7H,8-10H2,(H,21,25)(H2,20,22,23). The first-order valence-electron chi connectivity index (χ1n) is 8.45. The average Bonchev–Trinajstić information content (AvgIpc) is 3.18. The molecular weight excluding hydrogens is 364 g/mol. The molecule has 0 atom stereocenters. The molecule has 4 rings (SSSR count). The van der Waals surface area contributed by atoms with Crippen molar-refractivity contribution in [1.29, 1.82) is 0 Å². The van der Waals surface area contributed by atoms with E-state index >= 15 is 0 Å². The van der Waals surface area contributed by atoms with Gasteiger partial charge >= 0.3 is 5.97 Å². The summed E-state index contributed by atoms with van der Waals surface area (Å²) in [6.07, 6.45) is 0. The van der Waals surface area contributed by atoms with Crippen LogP contribution in [0.25, 0.3) is 10.9 Å². The molecule has 0 aliphatic carbocycles. The number of carbonyl (C=O) groups is 2. The third-order valence-electron chi connectivity index (χ3n) is 4.07. The Balaban J connectivity index is 1.32. The molecule has 0 radical (unpaired) electrons. The molecule has 1 aromatic heterocycles. The second kappa shape index (κ2) is 7.39. The van der Waals surface area contributed by atoms with E-state index in [2.05, 4.69) is 15.3 Å². The van der Waals surface area contributed by atoms with E-state index in [1.54, 1.807) is 24.3 Å². The number of hydrogen-bond donors (Lipinski definition) is 2. The Morgan fingerprint density at radius 3 is 2.82 bits per heavy atom. The summed E-state index contributed by atoms with van der Waals surface area (Å²) in [6, 6.07) is 12.0. The summed E-state index contributed by atoms with van der Waals surface area (Å²) >= 11 is 0. The van der Waals surface area contributed by atoms with Crippen LogP contribution < -0.4 is 20.5 Å². The Hall–Kier alpha value is -3.88. The van der Waals surface area contributed by atoms with E-state index in [0.29, 0.717) is 28.4 Å². The van der Waals surface area contributed by atoms with Crippen molar-refractivity contribution < 1.29 is 23.8 Å². The summed E-state index contributed by atoms with van der Waals surface area (Å²) in [5.74, 6) is 0.608. The topological polar surface area (TPSA) is 126 Å². The fourth-order valence-corrected chi connectivity index (χ4v) is 2.70. The minimum Gasteiger partial charge on any atom is -0.456 e. The van der Waals surface area contributed by atoms with E-state index in [4.69, 9.17) is 19.9 Å². The Bertz CT molecular complexity index is 1070. The van der Waals surface area contributed by atoms with Gasteiger partial charge in [0.1, 0.15) is 12.4 Å². The molecule has 2 aromatic carbocycles. The highest BCUT2D eigenvalue weighted by atomic mass is 16.7. The number of carbonyl (C=O) groups excluding carboxylic acids is 2. The summed E-state index contributed by atoms with van der Waals surface area (Å²) < 4.78 is 15.5. The van der Waals surface area contributed by atoms with Crippen molar-refractivity contribution in [1.82, 2.24) is 15.3 Å². The number of benzene rings is 2. The summed E-state index contributed by atoms with van der Waals surface area (Å²) in [5, 5.41) is 3.22. The summed E-state index contributed by atoms with van der Waals surface area (Å²) in [6.45, 7) is -0.321. The van der Waals surface area contributed by atoms with Crippen LogP contribution in [0.1, 0.15) is 16.2 Å². The number of fused-ring (bicyclic) bond motifs is 2. The Morgan fingerprint density at radius 2 is 1.93 bits per heavy atom. The molecule has 9 nitrogen and oxygen atoms in total. The largest absolute Gasteiger partial charge is 0.456 e. The van der Waals surface area contributed by atoms with E-state index in [9.17, 15) is 9.59 Å². The van der Waals surface area contributed by atoms with Crippen molar-refractivity contribution in [2.24, 2.45) is 0 Å². The number of nitrogen functional groups attached to an aromatic ring is 1. The van der Waals surface area contributed by atoms with Gasteiger partial charge in [-0.2, -0.15) is 0 Å². The van der Waals surface area contributed by atoms with Crippen LogP contribution in [0.3, 0.4) is 0 Å². The van der Waals surface area contributed by atoms with Crippen molar-refractivity contribution >= 4 is 28.6 Å². The quantitative estimate of drug-likeness (QED) is 0.637. The first kappa shape index (κ1) is 17.5. The number of esters is 1. The molecule has 2 heterocycles. The smallest absolute Gasteiger partial charge is 0.325 e. The van der Waals surface area contributed by atoms with Crippen LogP contribution in [-0.4, -0.2) is 35.2 Å². The lowest BCUT2D eigenvalue weighted by atomic mass is 10.2. The SMILES string of the molecule is Nc1nc(COC(=O)CNC(=O)c2ccc3c(c2)OCO3)nc2ccccc12. The van der Waals surface area contributed by atoms with Crippen LogP contribution in [0.2, 0.25) is 0 Å². The van der Waals surface area contributed by atoms with Gasteiger partial charge in [0.15, 0.2) is 23.9 Å². The number of nitrogens with one attached hydrogen (secondary N) is 1. The molecule has 3 aromatic rings. The Labute approximate surface area is 159 Å². The third-order valence-corrected chi connectivity index (χ3v) is 4.07. The van der Waals surface area contributed by atoms with Gasteiger partial charge in [-0.3, -0.25) is 9.59 Å². The van der Waals surface area contributed by atoms with Gasteiger partial charge in [-0.15, -0.1) is 0 Å². The summed E-state index contributed by atoms with van der Waals surface area (Å²) in [5.41, 5.74) is 6.91. The van der Waals surface area contributed by atoms with Crippen LogP contribution in [0, 0.1) is 0 Å². The van der Waals surface area contributed by atoms with Gasteiger partial charge in [0.05, 0.1) is 5.52 Å². The Morgan fingerprint density at radius 1 is 1.11 bits per heavy atom. The van der Waals surface area contributed by atoms with E-state index in [1.807, 2.05) is 18.2 Å². The van der Waals surface area contributed by atoms with Gasteiger partial charge in [0.25, 0.3) is 5.91 Å². The second-order valence-corrected chi connectivity index (χ2v) is 5.95. The van der Waals surface area contributed by atoms with Crippen molar-refractivity contribution in [2.45, 2.75) is 6.61 Å². The molecule has 1 aliphatic rings. The number of para-hydroxylation sites is 1. The summed E-state index contributed by atoms with van der Waals surface area (Å²) in [4.78, 5) is 32.5. The lowest BCUT2D eigenvalue weighted by Crippen LogP contribution is -2.30. The normalized spacial score (nSPS) is 12.0. The number of rotatable bonds is 5. The van der Waals surface area contributed by atoms with E-state index in [0.717, 1.165) is 5.39 Å². The predicted octanol–water partition coefficient (Wildman–Crippen LogP) is 1.41. The van der Waals surface area contributed by atoms with E-state index < -0.39 is 11.9 Å². The Kier molecular flexibility index (Phi) is 4.63. The van der Waals surface area contributed by atoms with Crippen LogP contribution in [0.5, 0.6) is 11.5 Å². The predicted molar refractivity (Wildman–Crippen MR) is 98.6 cm³/mol. The van der Waals surface area contributed by atoms with Crippen LogP contribution in [-0.2, 0) is 16.1 Å². The van der Waals surface area contributed by atoms with Crippen molar-refractivity contribution in [3.05, 3.63) is 53.9 Å². The number of nitrogens with two attached hydrogens (primary N) is 1. The zero-order chi connectivity index (χ0) is 19.5. The van der Waals surface area contributed by atoms with Crippen molar-refractivity contribution in [2.75, 3.05) is 19.1 Å². The lowest BCUT2D eigenvalue weighted by Gasteiger charge is -2.08. The highest BCUT2D eigenvalue weighted by Crippen LogP contribution is 2.32. The number of amides is 1. The molecule has 9 heteroatoms. The zero-order valence-electron chi connectivity index (χ0n) is 14.7. The highest BCUT2D eigenvalue weighted by molar-refractivity contribution is 5.96. The first-order valence-corrected chi connectivity index (χ1v) is 8.45. The molecule has 0 unspecified atom stereocenters. The van der Waals surface area contributed by atoms with Crippen molar-refractivity contribution in [3.8, 4) is 11.5 Å². The fourth-order valence-electron chi connectivity index (χ4n) is 2.70. The monoisotopic (exact) mass is 380 g/mol. The number of aromatic nitrogens is 2. The van der Waals surface area contributed by atoms with Gasteiger partial charge in [0, 0.05) is 10.9 Å². The molecule has 1 aliphatic heterocycles. The second-order valence-electron chi connectivity index (χ2n) is 5.95. The maximum atomic E-state index is 12.2. The minimum atomic E-state index is -0.621. The minimum absolute atomic E-state index is 0.119. The van der Waals surface area contributed by atoms with Gasteiger partial charge in [-0.1, -0.05) is 12.1 Å². The number of ether oxygens (including phenoxy) is 3. The maximum absolute atomic E-state index is 12.2. The number of nitrogens with zero attached hydrogens (tertiary/aromatic N) is 2. The molecule has 28 heavy (non-hydrogen) atoms. The number of hydrogen-bond acceptors (Lipinski definition) is 8.